The van der Waals surface area contributed by atoms with E-state index in [1.165, 1.54) is 19.1 Å². The Morgan fingerprint density at radius 3 is 2.01 bits per heavy atom. The number of nitrogens with one attached hydrogen (secondary N) is 1. The fourth-order valence-electron chi connectivity index (χ4n) is 12.0. The van der Waals surface area contributed by atoms with Crippen LogP contribution in [0.5, 0.6) is 0 Å². The van der Waals surface area contributed by atoms with E-state index < -0.39 is 60.1 Å². The van der Waals surface area contributed by atoms with E-state index in [0.717, 1.165) is 23.2 Å². The summed E-state index contributed by atoms with van der Waals surface area (Å²) in [5.74, 6) is -3.22. The van der Waals surface area contributed by atoms with E-state index in [-0.39, 0.29) is 90.6 Å². The molecule has 2 aliphatic heterocycles. The number of likely N-dealkylation sites (N-methyl/N-ethyl adjacent to an activating group) is 2. The van der Waals surface area contributed by atoms with Gasteiger partial charge < -0.3 is 34.2 Å². The average molecular weight is 1120 g/mol. The Morgan fingerprint density at radius 1 is 0.787 bits per heavy atom. The number of likely N-dealkylation sites (tertiary alicyclic amines) is 2. The summed E-state index contributed by atoms with van der Waals surface area (Å²) in [7, 11) is 9.85. The molecule has 0 aliphatic carbocycles. The number of carbonyl (C=O) groups is 8. The average Bonchev–Trinajstić information content (AvgIpc) is 4.05. The molecule has 0 bridgehead atoms. The van der Waals surface area contributed by atoms with Gasteiger partial charge in [-0.2, -0.15) is 0 Å². The second-order valence-electron chi connectivity index (χ2n) is 23.7. The Kier molecular flexibility index (Phi) is 27.0. The molecule has 0 saturated carbocycles. The van der Waals surface area contributed by atoms with Gasteiger partial charge in [0.05, 0.1) is 49.8 Å². The van der Waals surface area contributed by atoms with Crippen LogP contribution in [0.15, 0.2) is 54.6 Å². The molecule has 2 aromatic carbocycles. The monoisotopic (exact) mass is 1110 g/mol. The molecule has 10 atom stereocenters. The normalized spacial score (nSPS) is 18.7. The minimum atomic E-state index is -0.915. The van der Waals surface area contributed by atoms with Gasteiger partial charge in [0.15, 0.2) is 5.78 Å². The van der Waals surface area contributed by atoms with Crippen LogP contribution in [0.3, 0.4) is 0 Å². The van der Waals surface area contributed by atoms with Crippen molar-refractivity contribution in [3.8, 4) is 0 Å². The summed E-state index contributed by atoms with van der Waals surface area (Å²) in [5.41, 5.74) is 2.70. The first-order valence-electron chi connectivity index (χ1n) is 29.4. The van der Waals surface area contributed by atoms with Crippen LogP contribution in [-0.2, 0) is 65.4 Å². The first-order chi connectivity index (χ1) is 37.9. The number of Topliss-reactive ketones (excluding diaryl/α,β-unsaturated/α-hetero) is 1. The van der Waals surface area contributed by atoms with Crippen molar-refractivity contribution in [3.05, 3.63) is 65.7 Å². The number of unbranched alkanes of at least 4 members (excludes halogenated alkanes) is 2. The van der Waals surface area contributed by atoms with E-state index in [1.807, 2.05) is 117 Å². The number of ether oxygens (including phenoxy) is 3. The lowest BCUT2D eigenvalue weighted by atomic mass is 9.83. The highest BCUT2D eigenvalue weighted by Gasteiger charge is 2.44. The number of carbonyl (C=O) groups excluding carboxylic acids is 8. The molecule has 446 valence electrons. The van der Waals surface area contributed by atoms with E-state index in [1.54, 1.807) is 42.8 Å². The SMILES string of the molecule is CC[C@H](C)[C@@H]([C@@H](CC(=O)N1CCC[C@H]1[C@H](OC)[C@@H](C)C(=O)N[C@@H](Cc1ccccc1)C(=O)OC)OC)N(C)C(=O)[C@@H](CC(=O)[C@H](C(C)C)N(C)CCc1ccc(N(C)C(=O)CCCCCN2C(=O)CC(C(C)C)C2=O)cc1)C(C)C. The van der Waals surface area contributed by atoms with Crippen LogP contribution in [0, 0.1) is 41.4 Å². The Bertz CT molecular complexity index is 2340. The van der Waals surface area contributed by atoms with E-state index in [9.17, 15) is 38.4 Å². The Balaban J connectivity index is 1.36. The Hall–Kier alpha value is -5.52. The zero-order valence-electron chi connectivity index (χ0n) is 51.0. The first-order valence-corrected chi connectivity index (χ1v) is 29.4. The predicted octanol–water partition coefficient (Wildman–Crippen LogP) is 7.79. The Labute approximate surface area is 478 Å². The quantitative estimate of drug-likeness (QED) is 0.0415. The number of anilines is 1. The Morgan fingerprint density at radius 2 is 1.45 bits per heavy atom. The molecule has 0 radical (unpaired) electrons. The van der Waals surface area contributed by atoms with Gasteiger partial charge in [0.25, 0.3) is 0 Å². The van der Waals surface area contributed by atoms with Crippen molar-refractivity contribution >= 4 is 52.9 Å². The topological polar surface area (TPSA) is 192 Å². The maximum atomic E-state index is 14.8. The molecule has 80 heavy (non-hydrogen) atoms. The van der Waals surface area contributed by atoms with Crippen molar-refractivity contribution in [2.24, 2.45) is 41.4 Å². The third kappa shape index (κ3) is 18.0. The smallest absolute Gasteiger partial charge is 0.328 e. The van der Waals surface area contributed by atoms with Crippen LogP contribution < -0.4 is 10.2 Å². The highest BCUT2D eigenvalue weighted by atomic mass is 16.5. The molecule has 4 rings (SSSR count). The van der Waals surface area contributed by atoms with Crippen molar-refractivity contribution in [3.63, 3.8) is 0 Å². The van der Waals surface area contributed by atoms with Crippen LogP contribution in [-0.4, -0.2) is 165 Å². The fraction of sp³-hybridized carbons (Fsp3) is 0.683. The maximum absolute atomic E-state index is 14.8. The molecule has 2 heterocycles. The molecule has 0 aromatic heterocycles. The van der Waals surface area contributed by atoms with Gasteiger partial charge in [-0.1, -0.05) is 118 Å². The lowest BCUT2D eigenvalue weighted by Gasteiger charge is -2.41. The van der Waals surface area contributed by atoms with Crippen molar-refractivity contribution in [1.29, 1.82) is 0 Å². The van der Waals surface area contributed by atoms with Gasteiger partial charge in [-0.25, -0.2) is 4.79 Å². The van der Waals surface area contributed by atoms with Crippen molar-refractivity contribution < 1.29 is 52.6 Å². The number of amides is 6. The van der Waals surface area contributed by atoms with E-state index in [0.29, 0.717) is 64.6 Å². The van der Waals surface area contributed by atoms with Gasteiger partial charge in [0.1, 0.15) is 6.04 Å². The number of nitrogens with zero attached hydrogens (tertiary/aromatic N) is 5. The van der Waals surface area contributed by atoms with Crippen LogP contribution >= 0.6 is 0 Å². The molecule has 17 heteroatoms. The van der Waals surface area contributed by atoms with Gasteiger partial charge in [0.2, 0.25) is 35.4 Å². The van der Waals surface area contributed by atoms with E-state index >= 15 is 0 Å². The number of hydrogen-bond donors (Lipinski definition) is 1. The third-order valence-corrected chi connectivity index (χ3v) is 17.1. The fourth-order valence-corrected chi connectivity index (χ4v) is 12.0. The van der Waals surface area contributed by atoms with Gasteiger partial charge >= 0.3 is 5.97 Å². The van der Waals surface area contributed by atoms with Crippen molar-refractivity contribution in [1.82, 2.24) is 24.9 Å². The maximum Gasteiger partial charge on any atom is 0.328 e. The molecule has 6 amide bonds. The summed E-state index contributed by atoms with van der Waals surface area (Å²) >= 11 is 0. The lowest BCUT2D eigenvalue weighted by molar-refractivity contribution is -0.150. The molecule has 2 aromatic rings. The number of esters is 1. The second-order valence-corrected chi connectivity index (χ2v) is 23.7. The van der Waals surface area contributed by atoms with Crippen LogP contribution in [0.4, 0.5) is 5.69 Å². The molecular formula is C63H98N6O11. The van der Waals surface area contributed by atoms with Crippen molar-refractivity contribution in [2.45, 2.75) is 176 Å². The highest BCUT2D eigenvalue weighted by molar-refractivity contribution is 6.03. The largest absolute Gasteiger partial charge is 0.467 e. The molecule has 2 saturated heterocycles. The van der Waals surface area contributed by atoms with Crippen LogP contribution in [0.1, 0.15) is 138 Å². The summed E-state index contributed by atoms with van der Waals surface area (Å²) in [4.78, 5) is 117. The molecule has 1 N–H and O–H groups in total. The standard InChI is InChI=1S/C63H98N6O11/c1-16-43(8)58(53(78-13)39-56(73)68-34-23-26-51(68)59(79-14)44(9)60(74)64-50(63(77)80-15)36-46-24-19-17-20-25-46)67(12)61(75)48(40(2)3)37-52(70)57(42(6)7)65(10)35-32-45-28-30-47(31-29-45)66(11)54(71)27-21-18-22-33-69-55(72)38-49(41(4)5)62(69)76/h17,19-20,24-25,28-31,40-44,48-51,53,57-59H,16,18,21-23,26-27,32-39H2,1-15H3,(H,64,74)/t43-,44+,48-,49?,50-,51-,53+,57-,58-,59+/m0/s1. The zero-order chi connectivity index (χ0) is 59.5. The highest BCUT2D eigenvalue weighted by Crippen LogP contribution is 2.32. The van der Waals surface area contributed by atoms with Crippen LogP contribution in [0.25, 0.3) is 0 Å². The molecule has 2 aliphatic rings. The first kappa shape index (κ1) is 67.0. The summed E-state index contributed by atoms with van der Waals surface area (Å²) < 4.78 is 17.2. The molecule has 17 nitrogen and oxygen atoms in total. The second kappa shape index (κ2) is 32.2. The summed E-state index contributed by atoms with van der Waals surface area (Å²) in [6.45, 7) is 19.2. The minimum Gasteiger partial charge on any atom is -0.467 e. The molecule has 1 unspecified atom stereocenters. The number of hydrogen-bond acceptors (Lipinski definition) is 12. The summed E-state index contributed by atoms with van der Waals surface area (Å²) in [6.07, 6.45) is 4.33. The molecule has 0 spiro atoms. The lowest BCUT2D eigenvalue weighted by Crippen LogP contribution is -2.55. The minimum absolute atomic E-state index is 0.00971. The van der Waals surface area contributed by atoms with Crippen molar-refractivity contribution in [2.75, 3.05) is 67.0 Å². The van der Waals surface area contributed by atoms with Crippen LogP contribution in [0.2, 0.25) is 0 Å². The zero-order valence-corrected chi connectivity index (χ0v) is 51.0. The number of benzene rings is 2. The van der Waals surface area contributed by atoms with E-state index in [4.69, 9.17) is 14.2 Å². The molecule has 2 fully saturated rings. The summed E-state index contributed by atoms with van der Waals surface area (Å²) in [6, 6.07) is 15.0. The van der Waals surface area contributed by atoms with Gasteiger partial charge in [-0.3, -0.25) is 43.4 Å². The van der Waals surface area contributed by atoms with Gasteiger partial charge in [-0.05, 0) is 86.1 Å². The number of methoxy groups -OCH3 is 3. The number of rotatable bonds is 33. The predicted molar refractivity (Wildman–Crippen MR) is 311 cm³/mol. The number of ketones is 1. The summed E-state index contributed by atoms with van der Waals surface area (Å²) in [5, 5.41) is 2.88. The van der Waals surface area contributed by atoms with Gasteiger partial charge in [-0.15, -0.1) is 0 Å². The molecular weight excluding hydrogens is 1020 g/mol. The van der Waals surface area contributed by atoms with Gasteiger partial charge in [0, 0.05) is 91.2 Å². The third-order valence-electron chi connectivity index (χ3n) is 17.1. The van der Waals surface area contributed by atoms with E-state index in [2.05, 4.69) is 10.2 Å². The number of imide groups is 1.